The lowest BCUT2D eigenvalue weighted by atomic mass is 9.66. The van der Waals surface area contributed by atoms with Crippen LogP contribution in [0.25, 0.3) is 0 Å². The van der Waals surface area contributed by atoms with Crippen molar-refractivity contribution in [2.75, 3.05) is 0 Å². The fourth-order valence-electron chi connectivity index (χ4n) is 3.08. The maximum atomic E-state index is 12.8. The Bertz CT molecular complexity index is 241. The van der Waals surface area contributed by atoms with Crippen molar-refractivity contribution >= 4 is 0 Å². The zero-order chi connectivity index (χ0) is 14.1. The zero-order valence-electron chi connectivity index (χ0n) is 10.4. The first-order valence-electron chi connectivity index (χ1n) is 6.24. The molecule has 4 atom stereocenters. The molecule has 0 saturated heterocycles. The molecule has 0 amide bonds. The summed E-state index contributed by atoms with van der Waals surface area (Å²) in [5.41, 5.74) is 0. The first kappa shape index (κ1) is 15.6. The lowest BCUT2D eigenvalue weighted by Crippen LogP contribution is -2.44. The summed E-state index contributed by atoms with van der Waals surface area (Å²) in [5, 5.41) is 0. The van der Waals surface area contributed by atoms with E-state index in [2.05, 4.69) is 0 Å². The third kappa shape index (κ3) is 3.32. The highest BCUT2D eigenvalue weighted by Crippen LogP contribution is 2.52. The maximum Gasteiger partial charge on any atom is 0.392 e. The van der Waals surface area contributed by atoms with E-state index in [-0.39, 0.29) is 19.3 Å². The first-order chi connectivity index (χ1) is 8.11. The van der Waals surface area contributed by atoms with E-state index in [1.165, 1.54) is 0 Å². The van der Waals surface area contributed by atoms with E-state index in [1.54, 1.807) is 13.8 Å². The molecule has 0 bridgehead atoms. The molecule has 0 radical (unpaired) electrons. The van der Waals surface area contributed by atoms with Crippen LogP contribution in [0.15, 0.2) is 0 Å². The van der Waals surface area contributed by atoms with Gasteiger partial charge in [0.2, 0.25) is 0 Å². The molecule has 1 aliphatic rings. The molecule has 1 rings (SSSR count). The van der Waals surface area contributed by atoms with Crippen LogP contribution in [0.3, 0.4) is 0 Å². The van der Waals surface area contributed by atoms with Crippen LogP contribution in [-0.2, 0) is 0 Å². The van der Waals surface area contributed by atoms with Crippen molar-refractivity contribution in [1.29, 1.82) is 0 Å². The van der Waals surface area contributed by atoms with Crippen molar-refractivity contribution in [2.24, 2.45) is 23.7 Å². The number of hydrogen-bond acceptors (Lipinski definition) is 0. The quantitative estimate of drug-likeness (QED) is 0.609. The third-order valence-electron chi connectivity index (χ3n) is 4.14. The minimum absolute atomic E-state index is 0.0291. The molecule has 0 heterocycles. The van der Waals surface area contributed by atoms with Crippen LogP contribution >= 0.6 is 0 Å². The van der Waals surface area contributed by atoms with Crippen molar-refractivity contribution < 1.29 is 26.3 Å². The molecule has 108 valence electrons. The van der Waals surface area contributed by atoms with Crippen LogP contribution in [0, 0.1) is 23.7 Å². The Kier molecular flexibility index (Phi) is 4.60. The average Bonchev–Trinajstić information content (AvgIpc) is 2.24. The molecule has 0 aromatic rings. The highest BCUT2D eigenvalue weighted by Gasteiger charge is 2.55. The summed E-state index contributed by atoms with van der Waals surface area (Å²) in [6.45, 7) is 3.23. The maximum absolute atomic E-state index is 12.8. The van der Waals surface area contributed by atoms with E-state index in [1.807, 2.05) is 0 Å². The predicted octanol–water partition coefficient (Wildman–Crippen LogP) is 5.19. The summed E-state index contributed by atoms with van der Waals surface area (Å²) >= 11 is 0. The van der Waals surface area contributed by atoms with Gasteiger partial charge in [-0.3, -0.25) is 0 Å². The Balaban J connectivity index is 2.96. The standard InChI is InChI=1S/C12H18F6/c1-3-7-5-8(4-2)10(12(16,17)18)6-9(7)11(13,14)15/h7-10H,3-6H2,1-2H3. The summed E-state index contributed by atoms with van der Waals surface area (Å²) in [6, 6.07) is 0. The Morgan fingerprint density at radius 1 is 0.722 bits per heavy atom. The Morgan fingerprint density at radius 2 is 1.06 bits per heavy atom. The van der Waals surface area contributed by atoms with E-state index in [0.717, 1.165) is 0 Å². The first-order valence-corrected chi connectivity index (χ1v) is 6.24. The van der Waals surface area contributed by atoms with E-state index < -0.39 is 42.4 Å². The topological polar surface area (TPSA) is 0 Å². The van der Waals surface area contributed by atoms with Crippen LogP contribution in [0.5, 0.6) is 0 Å². The van der Waals surface area contributed by atoms with Gasteiger partial charge in [-0.2, -0.15) is 26.3 Å². The monoisotopic (exact) mass is 276 g/mol. The fraction of sp³-hybridized carbons (Fsp3) is 1.00. The van der Waals surface area contributed by atoms with E-state index >= 15 is 0 Å². The summed E-state index contributed by atoms with van der Waals surface area (Å²) < 4.78 is 76.8. The normalized spacial score (nSPS) is 34.7. The third-order valence-corrected chi connectivity index (χ3v) is 4.14. The van der Waals surface area contributed by atoms with Crippen LogP contribution in [0.4, 0.5) is 26.3 Å². The van der Waals surface area contributed by atoms with Gasteiger partial charge in [-0.1, -0.05) is 26.7 Å². The highest BCUT2D eigenvalue weighted by atomic mass is 19.4. The molecule has 0 spiro atoms. The molecule has 0 nitrogen and oxygen atoms in total. The second-order valence-corrected chi connectivity index (χ2v) is 5.10. The molecule has 6 heteroatoms. The second-order valence-electron chi connectivity index (χ2n) is 5.10. The van der Waals surface area contributed by atoms with Crippen LogP contribution in [-0.4, -0.2) is 12.4 Å². The Morgan fingerprint density at radius 3 is 1.28 bits per heavy atom. The number of rotatable bonds is 2. The SMILES string of the molecule is CCC1CC(CC)C(C(F)(F)F)CC1C(F)(F)F. The molecule has 0 aliphatic heterocycles. The van der Waals surface area contributed by atoms with Crippen LogP contribution < -0.4 is 0 Å². The van der Waals surface area contributed by atoms with Gasteiger partial charge >= 0.3 is 12.4 Å². The van der Waals surface area contributed by atoms with Gasteiger partial charge in [-0.15, -0.1) is 0 Å². The molecule has 1 aliphatic carbocycles. The fourth-order valence-corrected chi connectivity index (χ4v) is 3.08. The Labute approximate surface area is 103 Å². The molecule has 0 aromatic carbocycles. The van der Waals surface area contributed by atoms with Crippen molar-refractivity contribution in [2.45, 2.75) is 51.9 Å². The average molecular weight is 276 g/mol. The highest BCUT2D eigenvalue weighted by molar-refractivity contribution is 4.90. The van der Waals surface area contributed by atoms with Gasteiger partial charge in [0.1, 0.15) is 0 Å². The molecule has 4 unspecified atom stereocenters. The number of hydrogen-bond donors (Lipinski definition) is 0. The van der Waals surface area contributed by atoms with Gasteiger partial charge in [0.25, 0.3) is 0 Å². The summed E-state index contributed by atoms with van der Waals surface area (Å²) in [7, 11) is 0. The predicted molar refractivity (Wildman–Crippen MR) is 55.9 cm³/mol. The van der Waals surface area contributed by atoms with Crippen LogP contribution in [0.2, 0.25) is 0 Å². The van der Waals surface area contributed by atoms with Crippen molar-refractivity contribution in [1.82, 2.24) is 0 Å². The van der Waals surface area contributed by atoms with Gasteiger partial charge in [0, 0.05) is 0 Å². The lowest BCUT2D eigenvalue weighted by Gasteiger charge is -2.42. The lowest BCUT2D eigenvalue weighted by molar-refractivity contribution is -0.246. The molecule has 18 heavy (non-hydrogen) atoms. The van der Waals surface area contributed by atoms with Gasteiger partial charge in [-0.25, -0.2) is 0 Å². The van der Waals surface area contributed by atoms with Gasteiger partial charge in [-0.05, 0) is 24.7 Å². The van der Waals surface area contributed by atoms with E-state index in [9.17, 15) is 26.3 Å². The number of halogens is 6. The van der Waals surface area contributed by atoms with Crippen molar-refractivity contribution in [3.63, 3.8) is 0 Å². The number of alkyl halides is 6. The molecular formula is C12H18F6. The summed E-state index contributed by atoms with van der Waals surface area (Å²) in [6.07, 6.45) is -9.26. The smallest absolute Gasteiger partial charge is 0.171 e. The van der Waals surface area contributed by atoms with Gasteiger partial charge < -0.3 is 0 Å². The summed E-state index contributed by atoms with van der Waals surface area (Å²) in [4.78, 5) is 0. The van der Waals surface area contributed by atoms with Crippen molar-refractivity contribution in [3.05, 3.63) is 0 Å². The zero-order valence-corrected chi connectivity index (χ0v) is 10.4. The van der Waals surface area contributed by atoms with E-state index in [4.69, 9.17) is 0 Å². The minimum Gasteiger partial charge on any atom is -0.171 e. The molecule has 0 aromatic heterocycles. The largest absolute Gasteiger partial charge is 0.392 e. The van der Waals surface area contributed by atoms with Gasteiger partial charge in [0.05, 0.1) is 11.8 Å². The van der Waals surface area contributed by atoms with Crippen LogP contribution in [0.1, 0.15) is 39.5 Å². The molecule has 1 fully saturated rings. The molecule has 0 N–H and O–H groups in total. The van der Waals surface area contributed by atoms with Crippen molar-refractivity contribution in [3.8, 4) is 0 Å². The minimum atomic E-state index is -4.52. The molecule has 1 saturated carbocycles. The van der Waals surface area contributed by atoms with Gasteiger partial charge in [0.15, 0.2) is 0 Å². The van der Waals surface area contributed by atoms with E-state index in [0.29, 0.717) is 0 Å². The molecular weight excluding hydrogens is 258 g/mol. The second kappa shape index (κ2) is 5.29. The Hall–Kier alpha value is -0.420. The summed E-state index contributed by atoms with van der Waals surface area (Å²) in [5.74, 6) is -4.96.